The Morgan fingerprint density at radius 3 is 2.94 bits per heavy atom. The second-order valence-corrected chi connectivity index (χ2v) is 4.92. The lowest BCUT2D eigenvalue weighted by Crippen LogP contribution is -2.46. The molecule has 0 bridgehead atoms. The van der Waals surface area contributed by atoms with Gasteiger partial charge in [-0.15, -0.1) is 0 Å². The molecule has 100 valence electrons. The summed E-state index contributed by atoms with van der Waals surface area (Å²) in [5.41, 5.74) is 0. The number of carboxylic acid groups (broad SMARTS) is 1. The van der Waals surface area contributed by atoms with E-state index in [9.17, 15) is 9.90 Å². The lowest BCUT2D eigenvalue weighted by atomic mass is 9.89. The summed E-state index contributed by atoms with van der Waals surface area (Å²) in [4.78, 5) is 17.5. The van der Waals surface area contributed by atoms with Crippen molar-refractivity contribution in [1.82, 2.24) is 19.7 Å². The number of aryl methyl sites for hydroxylation is 1. The smallest absolute Gasteiger partial charge is 0.320 e. The molecule has 0 amide bonds. The fraction of sp³-hybridized carbons (Fsp3) is 0.750. The van der Waals surface area contributed by atoms with Crippen LogP contribution in [0.5, 0.6) is 0 Å². The molecule has 2 unspecified atom stereocenters. The van der Waals surface area contributed by atoms with Crippen molar-refractivity contribution in [3.8, 4) is 0 Å². The van der Waals surface area contributed by atoms with Gasteiger partial charge in [-0.3, -0.25) is 14.4 Å². The predicted molar refractivity (Wildman–Crippen MR) is 65.9 cm³/mol. The van der Waals surface area contributed by atoms with Crippen molar-refractivity contribution in [2.75, 3.05) is 6.54 Å². The fourth-order valence-corrected chi connectivity index (χ4v) is 2.55. The van der Waals surface area contributed by atoms with Crippen LogP contribution in [0.1, 0.15) is 32.0 Å². The molecule has 1 aromatic heterocycles. The molecule has 6 nitrogen and oxygen atoms in total. The predicted octanol–water partition coefficient (Wildman–Crippen LogP) is 0.890. The van der Waals surface area contributed by atoms with Gasteiger partial charge in [-0.2, -0.15) is 5.10 Å². The highest BCUT2D eigenvalue weighted by Crippen LogP contribution is 2.26. The van der Waals surface area contributed by atoms with Crippen LogP contribution in [0.25, 0.3) is 0 Å². The molecule has 0 spiro atoms. The quantitative estimate of drug-likeness (QED) is 0.861. The molecule has 1 aliphatic heterocycles. The maximum atomic E-state index is 11.4. The van der Waals surface area contributed by atoms with Crippen LogP contribution < -0.4 is 0 Å². The maximum Gasteiger partial charge on any atom is 0.320 e. The van der Waals surface area contributed by atoms with Crippen LogP contribution in [0.15, 0.2) is 6.33 Å². The first kappa shape index (κ1) is 13.0. The van der Waals surface area contributed by atoms with Gasteiger partial charge in [-0.25, -0.2) is 4.98 Å². The van der Waals surface area contributed by atoms with E-state index in [-0.39, 0.29) is 6.04 Å². The third kappa shape index (κ3) is 2.69. The molecule has 2 heterocycles. The van der Waals surface area contributed by atoms with Crippen LogP contribution in [-0.4, -0.2) is 43.3 Å². The third-order valence-electron chi connectivity index (χ3n) is 3.83. The molecule has 18 heavy (non-hydrogen) atoms. The number of carbonyl (C=O) groups is 1. The van der Waals surface area contributed by atoms with Crippen LogP contribution in [0, 0.1) is 5.92 Å². The maximum absolute atomic E-state index is 11.4. The largest absolute Gasteiger partial charge is 0.480 e. The Kier molecular flexibility index (Phi) is 3.96. The van der Waals surface area contributed by atoms with E-state index in [1.54, 1.807) is 4.68 Å². The molecule has 0 radical (unpaired) electrons. The van der Waals surface area contributed by atoms with Gasteiger partial charge in [0.25, 0.3) is 0 Å². The van der Waals surface area contributed by atoms with E-state index in [0.29, 0.717) is 12.5 Å². The number of piperidine rings is 1. The summed E-state index contributed by atoms with van der Waals surface area (Å²) < 4.78 is 1.70. The highest BCUT2D eigenvalue weighted by Gasteiger charge is 2.33. The van der Waals surface area contributed by atoms with E-state index in [1.165, 1.54) is 6.33 Å². The Morgan fingerprint density at radius 1 is 1.61 bits per heavy atom. The average Bonchev–Trinajstić information content (AvgIpc) is 2.75. The molecule has 0 aliphatic carbocycles. The first-order valence-corrected chi connectivity index (χ1v) is 6.41. The topological polar surface area (TPSA) is 71.2 Å². The third-order valence-corrected chi connectivity index (χ3v) is 3.83. The molecule has 0 saturated carbocycles. The highest BCUT2D eigenvalue weighted by atomic mass is 16.4. The summed E-state index contributed by atoms with van der Waals surface area (Å²) in [7, 11) is 1.83. The molecule has 0 aromatic carbocycles. The van der Waals surface area contributed by atoms with Crippen molar-refractivity contribution in [2.45, 2.75) is 38.8 Å². The van der Waals surface area contributed by atoms with Crippen molar-refractivity contribution < 1.29 is 9.90 Å². The number of carboxylic acids is 1. The molecule has 1 aliphatic rings. The van der Waals surface area contributed by atoms with Gasteiger partial charge in [0, 0.05) is 7.05 Å². The number of nitrogens with zero attached hydrogens (tertiary/aromatic N) is 4. The molecule has 6 heteroatoms. The van der Waals surface area contributed by atoms with Crippen LogP contribution in [0.4, 0.5) is 0 Å². The number of likely N-dealkylation sites (tertiary alicyclic amines) is 1. The van der Waals surface area contributed by atoms with Crippen LogP contribution >= 0.6 is 0 Å². The van der Waals surface area contributed by atoms with Gasteiger partial charge in [-0.05, 0) is 25.3 Å². The van der Waals surface area contributed by atoms with E-state index >= 15 is 0 Å². The zero-order valence-corrected chi connectivity index (χ0v) is 10.9. The Hall–Kier alpha value is -1.43. The number of aromatic nitrogens is 3. The minimum atomic E-state index is -0.727. The molecule has 2 rings (SSSR count). The van der Waals surface area contributed by atoms with E-state index in [1.807, 2.05) is 11.9 Å². The monoisotopic (exact) mass is 252 g/mol. The molecular formula is C12H20N4O2. The number of hydrogen-bond donors (Lipinski definition) is 1. The minimum absolute atomic E-state index is 0.389. The van der Waals surface area contributed by atoms with Gasteiger partial charge in [0.1, 0.15) is 18.2 Å². The Bertz CT molecular complexity index is 418. The molecule has 2 atom stereocenters. The molecule has 1 saturated heterocycles. The first-order chi connectivity index (χ1) is 8.61. The van der Waals surface area contributed by atoms with Crippen molar-refractivity contribution in [3.05, 3.63) is 12.2 Å². The standard InChI is InChI=1S/C12H20N4O2/c1-3-9-4-5-16(10(6-9)12(17)18)7-11-13-8-14-15(11)2/h8-10H,3-7H2,1-2H3,(H,17,18). The van der Waals surface area contributed by atoms with E-state index in [4.69, 9.17) is 0 Å². The summed E-state index contributed by atoms with van der Waals surface area (Å²) in [6.07, 6.45) is 4.37. The van der Waals surface area contributed by atoms with Crippen molar-refractivity contribution in [1.29, 1.82) is 0 Å². The van der Waals surface area contributed by atoms with E-state index < -0.39 is 5.97 Å². The molecular weight excluding hydrogens is 232 g/mol. The van der Waals surface area contributed by atoms with Crippen LogP contribution in [0.3, 0.4) is 0 Å². The van der Waals surface area contributed by atoms with Crippen molar-refractivity contribution in [2.24, 2.45) is 13.0 Å². The SMILES string of the molecule is CCC1CCN(Cc2ncnn2C)C(C(=O)O)C1. The van der Waals surface area contributed by atoms with Crippen LogP contribution in [-0.2, 0) is 18.4 Å². The molecule has 1 fully saturated rings. The Morgan fingerprint density at radius 2 is 2.39 bits per heavy atom. The minimum Gasteiger partial charge on any atom is -0.480 e. The zero-order chi connectivity index (χ0) is 13.1. The normalized spacial score (nSPS) is 25.2. The lowest BCUT2D eigenvalue weighted by molar-refractivity contribution is -0.145. The summed E-state index contributed by atoms with van der Waals surface area (Å²) in [6.45, 7) is 3.51. The average molecular weight is 252 g/mol. The number of rotatable bonds is 4. The fourth-order valence-electron chi connectivity index (χ4n) is 2.55. The second-order valence-electron chi connectivity index (χ2n) is 4.92. The van der Waals surface area contributed by atoms with Gasteiger partial charge in [0.2, 0.25) is 0 Å². The van der Waals surface area contributed by atoms with Gasteiger partial charge < -0.3 is 5.11 Å². The second kappa shape index (κ2) is 5.48. The highest BCUT2D eigenvalue weighted by molar-refractivity contribution is 5.73. The summed E-state index contributed by atoms with van der Waals surface area (Å²) in [6, 6.07) is -0.389. The van der Waals surface area contributed by atoms with E-state index in [0.717, 1.165) is 31.6 Å². The zero-order valence-electron chi connectivity index (χ0n) is 10.9. The van der Waals surface area contributed by atoms with E-state index in [2.05, 4.69) is 17.0 Å². The van der Waals surface area contributed by atoms with Crippen molar-refractivity contribution >= 4 is 5.97 Å². The Labute approximate surface area is 107 Å². The van der Waals surface area contributed by atoms with Crippen molar-refractivity contribution in [3.63, 3.8) is 0 Å². The van der Waals surface area contributed by atoms with Gasteiger partial charge in [0.05, 0.1) is 6.54 Å². The number of aliphatic carboxylic acids is 1. The van der Waals surface area contributed by atoms with Gasteiger partial charge >= 0.3 is 5.97 Å². The number of hydrogen-bond acceptors (Lipinski definition) is 4. The lowest BCUT2D eigenvalue weighted by Gasteiger charge is -2.36. The summed E-state index contributed by atoms with van der Waals surface area (Å²) in [5, 5.41) is 13.3. The summed E-state index contributed by atoms with van der Waals surface area (Å²) >= 11 is 0. The van der Waals surface area contributed by atoms with Gasteiger partial charge in [0.15, 0.2) is 0 Å². The molecule has 1 N–H and O–H groups in total. The van der Waals surface area contributed by atoms with Crippen LogP contribution in [0.2, 0.25) is 0 Å². The Balaban J connectivity index is 2.07. The molecule has 1 aromatic rings. The van der Waals surface area contributed by atoms with Gasteiger partial charge in [-0.1, -0.05) is 13.3 Å². The first-order valence-electron chi connectivity index (χ1n) is 6.41. The summed E-state index contributed by atoms with van der Waals surface area (Å²) in [5.74, 6) is 0.619.